The molecule has 1 aromatic rings. The van der Waals surface area contributed by atoms with E-state index in [4.69, 9.17) is 5.73 Å². The second-order valence-corrected chi connectivity index (χ2v) is 5.73. The van der Waals surface area contributed by atoms with Crippen molar-refractivity contribution < 1.29 is 0 Å². The Balaban J connectivity index is 1.93. The smallest absolute Gasteiger partial charge is 0.196 e. The molecule has 19 heavy (non-hydrogen) atoms. The van der Waals surface area contributed by atoms with Gasteiger partial charge in [-0.2, -0.15) is 0 Å². The van der Waals surface area contributed by atoms with Crippen molar-refractivity contribution in [2.75, 3.05) is 31.6 Å². The number of aliphatic imine (C=N–C) groups is 1. The van der Waals surface area contributed by atoms with Crippen molar-refractivity contribution in [3.8, 4) is 0 Å². The van der Waals surface area contributed by atoms with E-state index in [1.54, 1.807) is 0 Å². The van der Waals surface area contributed by atoms with E-state index in [-0.39, 0.29) is 5.54 Å². The number of hydrogen-bond acceptors (Lipinski definition) is 4. The average molecular weight is 258 g/mol. The van der Waals surface area contributed by atoms with Crippen LogP contribution in [0.25, 0.3) is 0 Å². The predicted molar refractivity (Wildman–Crippen MR) is 79.5 cm³/mol. The summed E-state index contributed by atoms with van der Waals surface area (Å²) < 4.78 is 0. The largest absolute Gasteiger partial charge is 0.369 e. The Morgan fingerprint density at radius 3 is 2.74 bits per heavy atom. The molecule has 0 bridgehead atoms. The minimum Gasteiger partial charge on any atom is -0.369 e. The summed E-state index contributed by atoms with van der Waals surface area (Å²) in [4.78, 5) is 9.22. The third-order valence-corrected chi connectivity index (χ3v) is 4.39. The fourth-order valence-electron chi connectivity index (χ4n) is 3.29. The lowest BCUT2D eigenvalue weighted by Crippen LogP contribution is -2.52. The van der Waals surface area contributed by atoms with Crippen LogP contribution in [0, 0.1) is 0 Å². The van der Waals surface area contributed by atoms with Crippen LogP contribution in [0.1, 0.15) is 19.3 Å². The van der Waals surface area contributed by atoms with Crippen LogP contribution in [-0.4, -0.2) is 43.1 Å². The second kappa shape index (κ2) is 4.85. The Morgan fingerprint density at radius 2 is 1.95 bits per heavy atom. The van der Waals surface area contributed by atoms with Crippen molar-refractivity contribution in [1.29, 1.82) is 0 Å². The molecule has 102 valence electrons. The Hall–Kier alpha value is -1.55. The maximum absolute atomic E-state index is 6.16. The minimum absolute atomic E-state index is 0.0934. The van der Waals surface area contributed by atoms with Gasteiger partial charge in [-0.05, 0) is 45.0 Å². The van der Waals surface area contributed by atoms with Crippen LogP contribution in [-0.2, 0) is 0 Å². The molecule has 0 aliphatic carbocycles. The zero-order valence-corrected chi connectivity index (χ0v) is 11.5. The van der Waals surface area contributed by atoms with Gasteiger partial charge in [-0.3, -0.25) is 4.99 Å². The molecule has 1 unspecified atom stereocenters. The van der Waals surface area contributed by atoms with Gasteiger partial charge in [0.05, 0.1) is 12.1 Å². The Morgan fingerprint density at radius 1 is 1.16 bits per heavy atom. The summed E-state index contributed by atoms with van der Waals surface area (Å²) in [7, 11) is 2.20. The molecule has 0 amide bonds. The van der Waals surface area contributed by atoms with Gasteiger partial charge >= 0.3 is 0 Å². The molecule has 0 aromatic heterocycles. The van der Waals surface area contributed by atoms with Gasteiger partial charge in [-0.15, -0.1) is 0 Å². The lowest BCUT2D eigenvalue weighted by Gasteiger charge is -2.38. The zero-order chi connectivity index (χ0) is 13.3. The van der Waals surface area contributed by atoms with Crippen LogP contribution < -0.4 is 10.6 Å². The van der Waals surface area contributed by atoms with Gasteiger partial charge in [0.2, 0.25) is 0 Å². The number of nitrogens with two attached hydrogens (primary N) is 1. The first kappa shape index (κ1) is 12.5. The molecule has 0 radical (unpaired) electrons. The summed E-state index contributed by atoms with van der Waals surface area (Å²) in [5.74, 6) is 0.677. The summed E-state index contributed by atoms with van der Waals surface area (Å²) in [6, 6.07) is 10.4. The number of benzene rings is 1. The van der Waals surface area contributed by atoms with Crippen LogP contribution in [0.3, 0.4) is 0 Å². The van der Waals surface area contributed by atoms with Gasteiger partial charge in [0.1, 0.15) is 0 Å². The number of likely N-dealkylation sites (tertiary alicyclic amines) is 1. The quantitative estimate of drug-likeness (QED) is 0.833. The number of anilines is 1. The van der Waals surface area contributed by atoms with Crippen LogP contribution in [0.15, 0.2) is 35.3 Å². The van der Waals surface area contributed by atoms with E-state index < -0.39 is 0 Å². The molecule has 1 spiro atoms. The number of para-hydroxylation sites is 1. The van der Waals surface area contributed by atoms with Crippen LogP contribution in [0.2, 0.25) is 0 Å². The predicted octanol–water partition coefficient (Wildman–Crippen LogP) is 1.68. The molecule has 0 saturated carbocycles. The van der Waals surface area contributed by atoms with E-state index in [2.05, 4.69) is 46.1 Å². The summed E-state index contributed by atoms with van der Waals surface area (Å²) in [5, 5.41) is 0. The molecule has 2 heterocycles. The SMILES string of the molecule is CN1CCCC2(CC1)CN=C(N)N2c1ccccc1. The van der Waals surface area contributed by atoms with Crippen molar-refractivity contribution in [3.63, 3.8) is 0 Å². The van der Waals surface area contributed by atoms with E-state index in [0.717, 1.165) is 25.9 Å². The first-order valence-corrected chi connectivity index (χ1v) is 7.05. The van der Waals surface area contributed by atoms with E-state index in [0.29, 0.717) is 5.96 Å². The molecule has 2 aliphatic rings. The highest BCUT2D eigenvalue weighted by Gasteiger charge is 2.43. The number of guanidine groups is 1. The van der Waals surface area contributed by atoms with Gasteiger partial charge in [-0.1, -0.05) is 18.2 Å². The zero-order valence-electron chi connectivity index (χ0n) is 11.5. The average Bonchev–Trinajstić information content (AvgIpc) is 2.62. The molecule has 1 fully saturated rings. The van der Waals surface area contributed by atoms with Gasteiger partial charge < -0.3 is 15.5 Å². The van der Waals surface area contributed by atoms with Crippen LogP contribution >= 0.6 is 0 Å². The molecule has 1 aromatic carbocycles. The molecular weight excluding hydrogens is 236 g/mol. The number of nitrogens with zero attached hydrogens (tertiary/aromatic N) is 3. The van der Waals surface area contributed by atoms with Gasteiger partial charge in [0, 0.05) is 12.2 Å². The Labute approximate surface area is 114 Å². The topological polar surface area (TPSA) is 44.9 Å². The minimum atomic E-state index is 0.0934. The Kier molecular flexibility index (Phi) is 3.19. The highest BCUT2D eigenvalue weighted by atomic mass is 15.4. The summed E-state index contributed by atoms with van der Waals surface area (Å²) >= 11 is 0. The molecule has 4 nitrogen and oxygen atoms in total. The van der Waals surface area contributed by atoms with Crippen LogP contribution in [0.5, 0.6) is 0 Å². The van der Waals surface area contributed by atoms with Gasteiger partial charge in [0.15, 0.2) is 5.96 Å². The van der Waals surface area contributed by atoms with Crippen molar-refractivity contribution in [3.05, 3.63) is 30.3 Å². The van der Waals surface area contributed by atoms with E-state index in [9.17, 15) is 0 Å². The fourth-order valence-corrected chi connectivity index (χ4v) is 3.29. The summed E-state index contributed by atoms with van der Waals surface area (Å²) in [5.41, 5.74) is 7.43. The highest BCUT2D eigenvalue weighted by molar-refractivity contribution is 5.98. The Bertz CT molecular complexity index is 470. The standard InChI is InChI=1S/C15H22N4/c1-18-10-5-8-15(9-11-18)12-17-14(16)19(15)13-6-3-2-4-7-13/h2-4,6-7H,5,8-12H2,1H3,(H2,16,17). The van der Waals surface area contributed by atoms with E-state index >= 15 is 0 Å². The molecule has 3 rings (SSSR count). The monoisotopic (exact) mass is 258 g/mol. The van der Waals surface area contributed by atoms with Crippen molar-refractivity contribution >= 4 is 11.6 Å². The molecule has 2 aliphatic heterocycles. The first-order valence-electron chi connectivity index (χ1n) is 7.05. The van der Waals surface area contributed by atoms with Gasteiger partial charge in [-0.25, -0.2) is 0 Å². The summed E-state index contributed by atoms with van der Waals surface area (Å²) in [6.07, 6.45) is 3.50. The number of hydrogen-bond donors (Lipinski definition) is 1. The molecule has 1 atom stereocenters. The van der Waals surface area contributed by atoms with Crippen molar-refractivity contribution in [2.45, 2.75) is 24.8 Å². The molecule has 4 heteroatoms. The highest BCUT2D eigenvalue weighted by Crippen LogP contribution is 2.36. The fraction of sp³-hybridized carbons (Fsp3) is 0.533. The lowest BCUT2D eigenvalue weighted by molar-refractivity contribution is 0.334. The molecule has 1 saturated heterocycles. The first-order chi connectivity index (χ1) is 9.21. The molecule has 2 N–H and O–H groups in total. The third kappa shape index (κ3) is 2.21. The summed E-state index contributed by atoms with van der Waals surface area (Å²) in [6.45, 7) is 3.12. The third-order valence-electron chi connectivity index (χ3n) is 4.39. The lowest BCUT2D eigenvalue weighted by atomic mass is 9.89. The van der Waals surface area contributed by atoms with E-state index in [1.165, 1.54) is 18.7 Å². The van der Waals surface area contributed by atoms with Crippen molar-refractivity contribution in [2.24, 2.45) is 10.7 Å². The second-order valence-electron chi connectivity index (χ2n) is 5.73. The van der Waals surface area contributed by atoms with Crippen molar-refractivity contribution in [1.82, 2.24) is 4.90 Å². The number of rotatable bonds is 1. The van der Waals surface area contributed by atoms with Gasteiger partial charge in [0.25, 0.3) is 0 Å². The maximum atomic E-state index is 6.16. The maximum Gasteiger partial charge on any atom is 0.196 e. The normalized spacial score (nSPS) is 28.5. The van der Waals surface area contributed by atoms with E-state index in [1.807, 2.05) is 6.07 Å². The molecular formula is C15H22N4. The van der Waals surface area contributed by atoms with Crippen LogP contribution in [0.4, 0.5) is 5.69 Å².